The first-order valence-corrected chi connectivity index (χ1v) is 8.91. The van der Waals surface area contributed by atoms with Gasteiger partial charge in [-0.25, -0.2) is 14.1 Å². The average molecular weight is 388 g/mol. The van der Waals surface area contributed by atoms with Gasteiger partial charge in [-0.2, -0.15) is 5.10 Å². The number of carbonyl (C=O) groups is 1. The van der Waals surface area contributed by atoms with E-state index in [1.807, 2.05) is 24.3 Å². The molecule has 29 heavy (non-hydrogen) atoms. The van der Waals surface area contributed by atoms with Crippen LogP contribution in [0, 0.1) is 5.82 Å². The Bertz CT molecular complexity index is 1130. The summed E-state index contributed by atoms with van der Waals surface area (Å²) in [4.78, 5) is 16.5. The molecule has 7 heteroatoms. The molecule has 1 N–H and O–H groups in total. The average Bonchev–Trinajstić information content (AvgIpc) is 3.28. The van der Waals surface area contributed by atoms with Crippen LogP contribution >= 0.6 is 0 Å². The molecule has 4 rings (SSSR count). The molecule has 6 nitrogen and oxygen atoms in total. The van der Waals surface area contributed by atoms with Crippen molar-refractivity contribution in [2.24, 2.45) is 0 Å². The largest absolute Gasteiger partial charge is 0.489 e. The Labute approximate surface area is 166 Å². The van der Waals surface area contributed by atoms with Gasteiger partial charge in [0, 0.05) is 17.3 Å². The number of rotatable bonds is 6. The number of nitrogens with zero attached hydrogens (tertiary/aromatic N) is 3. The van der Waals surface area contributed by atoms with E-state index >= 15 is 0 Å². The molecule has 0 atom stereocenters. The number of carbonyl (C=O) groups excluding carboxylic acids is 1. The molecule has 1 heterocycles. The highest BCUT2D eigenvalue weighted by Gasteiger charge is 2.09. The van der Waals surface area contributed by atoms with Crippen molar-refractivity contribution in [2.45, 2.75) is 6.61 Å². The quantitative estimate of drug-likeness (QED) is 0.536. The summed E-state index contributed by atoms with van der Waals surface area (Å²) >= 11 is 0. The zero-order valence-electron chi connectivity index (χ0n) is 15.3. The van der Waals surface area contributed by atoms with E-state index in [4.69, 9.17) is 4.74 Å². The highest BCUT2D eigenvalue weighted by Crippen LogP contribution is 2.17. The summed E-state index contributed by atoms with van der Waals surface area (Å²) in [7, 11) is 0. The van der Waals surface area contributed by atoms with Crippen LogP contribution in [0.1, 0.15) is 15.9 Å². The van der Waals surface area contributed by atoms with Gasteiger partial charge in [-0.05, 0) is 48.0 Å². The van der Waals surface area contributed by atoms with E-state index in [0.717, 1.165) is 11.3 Å². The van der Waals surface area contributed by atoms with Crippen molar-refractivity contribution in [1.82, 2.24) is 14.8 Å². The van der Waals surface area contributed by atoms with E-state index in [0.29, 0.717) is 17.0 Å². The van der Waals surface area contributed by atoms with Crippen LogP contribution in [-0.2, 0) is 6.61 Å². The van der Waals surface area contributed by atoms with Gasteiger partial charge < -0.3 is 10.1 Å². The highest BCUT2D eigenvalue weighted by atomic mass is 19.1. The number of halogens is 1. The fourth-order valence-electron chi connectivity index (χ4n) is 2.80. The van der Waals surface area contributed by atoms with Crippen molar-refractivity contribution < 1.29 is 13.9 Å². The van der Waals surface area contributed by atoms with Crippen LogP contribution in [0.5, 0.6) is 5.75 Å². The van der Waals surface area contributed by atoms with Gasteiger partial charge in [0.1, 0.15) is 30.8 Å². The first kappa shape index (κ1) is 18.4. The Kier molecular flexibility index (Phi) is 5.29. The first-order valence-electron chi connectivity index (χ1n) is 8.91. The lowest BCUT2D eigenvalue weighted by atomic mass is 10.1. The lowest BCUT2D eigenvalue weighted by molar-refractivity contribution is 0.102. The number of anilines is 1. The summed E-state index contributed by atoms with van der Waals surface area (Å²) < 4.78 is 20.4. The third kappa shape index (κ3) is 4.65. The molecule has 0 spiro atoms. The zero-order valence-corrected chi connectivity index (χ0v) is 15.3. The summed E-state index contributed by atoms with van der Waals surface area (Å²) in [5.74, 6) is -0.142. The third-order valence-electron chi connectivity index (χ3n) is 4.18. The molecule has 1 amide bonds. The molecule has 0 saturated carbocycles. The molecule has 1 aromatic heterocycles. The van der Waals surface area contributed by atoms with Crippen molar-refractivity contribution in [1.29, 1.82) is 0 Å². The van der Waals surface area contributed by atoms with E-state index in [1.54, 1.807) is 47.4 Å². The minimum atomic E-state index is -0.350. The summed E-state index contributed by atoms with van der Waals surface area (Å²) in [5, 5.41) is 6.95. The molecule has 0 saturated heterocycles. The van der Waals surface area contributed by atoms with Crippen molar-refractivity contribution in [2.75, 3.05) is 5.32 Å². The van der Waals surface area contributed by atoms with Gasteiger partial charge in [0.25, 0.3) is 5.91 Å². The molecule has 0 unspecified atom stereocenters. The normalized spacial score (nSPS) is 10.5. The van der Waals surface area contributed by atoms with Crippen LogP contribution in [0.2, 0.25) is 0 Å². The fraction of sp³-hybridized carbons (Fsp3) is 0.0455. The van der Waals surface area contributed by atoms with Gasteiger partial charge >= 0.3 is 0 Å². The SMILES string of the molecule is O=C(Nc1cccc(COc2cccc(F)c2)c1)c1cccc(-n2cncn2)c1. The molecular weight excluding hydrogens is 371 g/mol. The Hall–Kier alpha value is -4.00. The van der Waals surface area contributed by atoms with Crippen molar-refractivity contribution in [3.8, 4) is 11.4 Å². The van der Waals surface area contributed by atoms with Gasteiger partial charge in [-0.1, -0.05) is 24.3 Å². The molecule has 144 valence electrons. The van der Waals surface area contributed by atoms with Gasteiger partial charge in [0.2, 0.25) is 0 Å². The summed E-state index contributed by atoms with van der Waals surface area (Å²) in [6, 6.07) is 20.4. The minimum Gasteiger partial charge on any atom is -0.489 e. The summed E-state index contributed by atoms with van der Waals surface area (Å²) in [6.45, 7) is 0.259. The third-order valence-corrected chi connectivity index (χ3v) is 4.18. The number of hydrogen-bond acceptors (Lipinski definition) is 4. The number of hydrogen-bond donors (Lipinski definition) is 1. The predicted molar refractivity (Wildman–Crippen MR) is 106 cm³/mol. The lowest BCUT2D eigenvalue weighted by Crippen LogP contribution is -2.12. The second-order valence-corrected chi connectivity index (χ2v) is 6.29. The van der Waals surface area contributed by atoms with Crippen molar-refractivity contribution >= 4 is 11.6 Å². The molecule has 0 fully saturated rings. The monoisotopic (exact) mass is 388 g/mol. The molecule has 3 aromatic carbocycles. The van der Waals surface area contributed by atoms with E-state index in [1.165, 1.54) is 18.5 Å². The van der Waals surface area contributed by atoms with Crippen LogP contribution in [0.3, 0.4) is 0 Å². The first-order chi connectivity index (χ1) is 14.2. The van der Waals surface area contributed by atoms with Crippen molar-refractivity contribution in [3.63, 3.8) is 0 Å². The van der Waals surface area contributed by atoms with Crippen molar-refractivity contribution in [3.05, 3.63) is 102 Å². The van der Waals surface area contributed by atoms with Crippen LogP contribution in [0.15, 0.2) is 85.5 Å². The van der Waals surface area contributed by atoms with E-state index in [9.17, 15) is 9.18 Å². The molecule has 0 aliphatic rings. The maximum Gasteiger partial charge on any atom is 0.255 e. The topological polar surface area (TPSA) is 69.0 Å². The molecule has 0 aliphatic carbocycles. The summed E-state index contributed by atoms with van der Waals surface area (Å²) in [6.07, 6.45) is 3.00. The lowest BCUT2D eigenvalue weighted by Gasteiger charge is -2.10. The van der Waals surface area contributed by atoms with Gasteiger partial charge in [-0.15, -0.1) is 0 Å². The maximum absolute atomic E-state index is 13.2. The van der Waals surface area contributed by atoms with Crippen LogP contribution in [0.25, 0.3) is 5.69 Å². The van der Waals surface area contributed by atoms with Gasteiger partial charge in [-0.3, -0.25) is 4.79 Å². The zero-order chi connectivity index (χ0) is 20.1. The van der Waals surface area contributed by atoms with Crippen LogP contribution in [-0.4, -0.2) is 20.7 Å². The number of amides is 1. The number of ether oxygens (including phenoxy) is 1. The Morgan fingerprint density at radius 1 is 1.03 bits per heavy atom. The Balaban J connectivity index is 1.44. The Morgan fingerprint density at radius 3 is 2.72 bits per heavy atom. The molecule has 0 aliphatic heterocycles. The molecule has 0 bridgehead atoms. The molecule has 0 radical (unpaired) electrons. The standard InChI is InChI=1S/C22H17FN4O2/c23-18-6-3-9-21(12-18)29-13-16-4-1-7-19(10-16)26-22(28)17-5-2-8-20(11-17)27-15-24-14-25-27/h1-12,14-15H,13H2,(H,26,28). The predicted octanol–water partition coefficient (Wildman–Crippen LogP) is 4.24. The van der Waals surface area contributed by atoms with Crippen LogP contribution in [0.4, 0.5) is 10.1 Å². The molecule has 4 aromatic rings. The highest BCUT2D eigenvalue weighted by molar-refractivity contribution is 6.04. The Morgan fingerprint density at radius 2 is 1.90 bits per heavy atom. The van der Waals surface area contributed by atoms with Gasteiger partial charge in [0.15, 0.2) is 0 Å². The molecular formula is C22H17FN4O2. The minimum absolute atomic E-state index is 0.241. The fourth-order valence-corrected chi connectivity index (χ4v) is 2.80. The van der Waals surface area contributed by atoms with E-state index < -0.39 is 0 Å². The number of benzene rings is 3. The number of aromatic nitrogens is 3. The van der Waals surface area contributed by atoms with E-state index in [2.05, 4.69) is 15.4 Å². The van der Waals surface area contributed by atoms with Gasteiger partial charge in [0.05, 0.1) is 5.69 Å². The summed E-state index contributed by atoms with van der Waals surface area (Å²) in [5.41, 5.74) is 2.73. The number of nitrogens with one attached hydrogen (secondary N) is 1. The smallest absolute Gasteiger partial charge is 0.255 e. The second kappa shape index (κ2) is 8.35. The maximum atomic E-state index is 13.2. The van der Waals surface area contributed by atoms with E-state index in [-0.39, 0.29) is 18.3 Å². The second-order valence-electron chi connectivity index (χ2n) is 6.29. The van der Waals surface area contributed by atoms with Crippen LogP contribution < -0.4 is 10.1 Å².